The summed E-state index contributed by atoms with van der Waals surface area (Å²) in [4.78, 5) is 19.0. The number of carbonyl (C=O) groups excluding carboxylic acids is 1. The summed E-state index contributed by atoms with van der Waals surface area (Å²) in [5.74, 6) is -0.756. The van der Waals surface area contributed by atoms with Gasteiger partial charge >= 0.3 is 0 Å². The van der Waals surface area contributed by atoms with Gasteiger partial charge in [0.05, 0.1) is 22.6 Å². The van der Waals surface area contributed by atoms with E-state index in [9.17, 15) is 17.6 Å². The molecule has 0 bridgehead atoms. The van der Waals surface area contributed by atoms with Crippen LogP contribution in [-0.4, -0.2) is 48.8 Å². The van der Waals surface area contributed by atoms with Gasteiger partial charge in [-0.05, 0) is 30.3 Å². The summed E-state index contributed by atoms with van der Waals surface area (Å²) in [6, 6.07) is 13.0. The zero-order chi connectivity index (χ0) is 20.6. The van der Waals surface area contributed by atoms with Gasteiger partial charge < -0.3 is 10.2 Å². The van der Waals surface area contributed by atoms with Crippen LogP contribution < -0.4 is 10.2 Å². The lowest BCUT2D eigenvalue weighted by atomic mass is 10.2. The number of amidine groups is 1. The highest BCUT2D eigenvalue weighted by molar-refractivity contribution is 8.15. The maximum Gasteiger partial charge on any atom is 0.244 e. The molecule has 4 rings (SSSR count). The zero-order valence-corrected chi connectivity index (χ0v) is 17.5. The Balaban J connectivity index is 1.54. The van der Waals surface area contributed by atoms with Crippen molar-refractivity contribution in [2.75, 3.05) is 28.3 Å². The number of aliphatic imine (C=N–C) groups is 1. The van der Waals surface area contributed by atoms with Crippen molar-refractivity contribution in [3.05, 3.63) is 59.4 Å². The normalized spacial score (nSPS) is 22.1. The lowest BCUT2D eigenvalue weighted by Gasteiger charge is -2.24. The van der Waals surface area contributed by atoms with Crippen molar-refractivity contribution in [1.29, 1.82) is 0 Å². The number of rotatable bonds is 4. The Morgan fingerprint density at radius 2 is 2.00 bits per heavy atom. The van der Waals surface area contributed by atoms with Crippen LogP contribution in [0.5, 0.6) is 0 Å². The van der Waals surface area contributed by atoms with Gasteiger partial charge in [-0.25, -0.2) is 12.8 Å². The average molecular weight is 454 g/mol. The maximum atomic E-state index is 13.3. The van der Waals surface area contributed by atoms with E-state index in [1.54, 1.807) is 4.90 Å². The van der Waals surface area contributed by atoms with E-state index >= 15 is 0 Å². The minimum atomic E-state index is -3.06. The SMILES string of the molecule is O=C(CN(C1=N[C@H]2CS(=O)(=O)C[C@@H]2S1)c1ccccc1)Nc1ccc(F)c(Cl)c1. The fourth-order valence-electron chi connectivity index (χ4n) is 3.27. The molecule has 1 saturated heterocycles. The summed E-state index contributed by atoms with van der Waals surface area (Å²) in [5, 5.41) is 3.12. The van der Waals surface area contributed by atoms with E-state index in [4.69, 9.17) is 11.6 Å². The number of amides is 1. The molecule has 0 aromatic heterocycles. The van der Waals surface area contributed by atoms with Crippen molar-refractivity contribution >= 4 is 55.6 Å². The summed E-state index contributed by atoms with van der Waals surface area (Å²) in [6.45, 7) is -0.0307. The molecule has 2 aromatic rings. The van der Waals surface area contributed by atoms with E-state index in [0.29, 0.717) is 10.9 Å². The number of para-hydroxylation sites is 1. The summed E-state index contributed by atoms with van der Waals surface area (Å²) in [6.07, 6.45) is 0. The molecule has 2 aliphatic heterocycles. The maximum absolute atomic E-state index is 13.3. The molecule has 0 saturated carbocycles. The third-order valence-corrected chi connectivity index (χ3v) is 8.15. The number of thioether (sulfide) groups is 1. The van der Waals surface area contributed by atoms with E-state index in [1.165, 1.54) is 30.0 Å². The van der Waals surface area contributed by atoms with Crippen LogP contribution in [0.1, 0.15) is 0 Å². The van der Waals surface area contributed by atoms with Gasteiger partial charge in [-0.15, -0.1) is 0 Å². The number of nitrogens with one attached hydrogen (secondary N) is 1. The second kappa shape index (κ2) is 7.97. The van der Waals surface area contributed by atoms with Gasteiger partial charge in [0.25, 0.3) is 0 Å². The summed E-state index contributed by atoms with van der Waals surface area (Å²) in [5.41, 5.74) is 1.16. The molecular weight excluding hydrogens is 437 g/mol. The molecule has 0 unspecified atom stereocenters. The molecule has 0 aliphatic carbocycles. The number of anilines is 2. The molecule has 0 radical (unpaired) electrons. The lowest BCUT2D eigenvalue weighted by molar-refractivity contribution is -0.114. The van der Waals surface area contributed by atoms with Crippen molar-refractivity contribution in [1.82, 2.24) is 0 Å². The molecule has 2 heterocycles. The van der Waals surface area contributed by atoms with Crippen LogP contribution in [0.4, 0.5) is 15.8 Å². The van der Waals surface area contributed by atoms with Crippen molar-refractivity contribution < 1.29 is 17.6 Å². The number of hydrogen-bond donors (Lipinski definition) is 1. The van der Waals surface area contributed by atoms with Gasteiger partial charge in [-0.3, -0.25) is 9.79 Å². The van der Waals surface area contributed by atoms with Crippen molar-refractivity contribution in [2.24, 2.45) is 4.99 Å². The van der Waals surface area contributed by atoms with Crippen molar-refractivity contribution in [3.8, 4) is 0 Å². The van der Waals surface area contributed by atoms with Gasteiger partial charge in [0.15, 0.2) is 15.0 Å². The number of fused-ring (bicyclic) bond motifs is 1. The molecule has 10 heteroatoms. The molecule has 152 valence electrons. The van der Waals surface area contributed by atoms with E-state index in [1.807, 2.05) is 30.3 Å². The highest BCUT2D eigenvalue weighted by Crippen LogP contribution is 2.36. The highest BCUT2D eigenvalue weighted by Gasteiger charge is 2.44. The van der Waals surface area contributed by atoms with Gasteiger partial charge in [-0.2, -0.15) is 0 Å². The van der Waals surface area contributed by atoms with Gasteiger partial charge in [0, 0.05) is 16.6 Å². The van der Waals surface area contributed by atoms with E-state index < -0.39 is 15.7 Å². The Bertz CT molecular complexity index is 1080. The number of hydrogen-bond acceptors (Lipinski definition) is 6. The second-order valence-corrected chi connectivity index (χ2v) is 10.6. The summed E-state index contributed by atoms with van der Waals surface area (Å²) in [7, 11) is -3.06. The molecule has 1 N–H and O–H groups in total. The Labute approximate surface area is 177 Å². The first-order valence-corrected chi connectivity index (χ1v) is 11.9. The zero-order valence-electron chi connectivity index (χ0n) is 15.1. The predicted molar refractivity (Wildman–Crippen MR) is 115 cm³/mol. The summed E-state index contributed by atoms with van der Waals surface area (Å²) < 4.78 is 37.0. The molecule has 6 nitrogen and oxygen atoms in total. The third kappa shape index (κ3) is 4.57. The van der Waals surface area contributed by atoms with E-state index in [0.717, 1.165) is 5.69 Å². The Kier molecular flexibility index (Phi) is 5.54. The standard InChI is InChI=1S/C19H17ClFN3O3S2/c20-14-8-12(6-7-15(14)21)22-18(25)9-24(13-4-2-1-3-5-13)19-23-16-10-29(26,27)11-17(16)28-19/h1-8,16-17H,9-11H2,(H,22,25)/t16-,17-/m0/s1. The predicted octanol–water partition coefficient (Wildman–Crippen LogP) is 3.19. The molecule has 2 aliphatic rings. The van der Waals surface area contributed by atoms with Crippen LogP contribution in [0.15, 0.2) is 53.5 Å². The molecule has 2 aromatic carbocycles. The molecular formula is C19H17ClFN3O3S2. The van der Waals surface area contributed by atoms with Crippen LogP contribution in [0.25, 0.3) is 0 Å². The smallest absolute Gasteiger partial charge is 0.244 e. The monoisotopic (exact) mass is 453 g/mol. The lowest BCUT2D eigenvalue weighted by Crippen LogP contribution is -2.36. The molecule has 29 heavy (non-hydrogen) atoms. The summed E-state index contributed by atoms with van der Waals surface area (Å²) >= 11 is 7.16. The van der Waals surface area contributed by atoms with E-state index in [-0.39, 0.29) is 40.3 Å². The number of nitrogens with zero attached hydrogens (tertiary/aromatic N) is 2. The third-order valence-electron chi connectivity index (χ3n) is 4.61. The number of benzene rings is 2. The Morgan fingerprint density at radius 1 is 1.24 bits per heavy atom. The van der Waals surface area contributed by atoms with Crippen LogP contribution in [-0.2, 0) is 14.6 Å². The van der Waals surface area contributed by atoms with Crippen LogP contribution >= 0.6 is 23.4 Å². The largest absolute Gasteiger partial charge is 0.324 e. The van der Waals surface area contributed by atoms with Gasteiger partial charge in [0.2, 0.25) is 5.91 Å². The Morgan fingerprint density at radius 3 is 2.69 bits per heavy atom. The number of sulfone groups is 1. The van der Waals surface area contributed by atoms with Crippen molar-refractivity contribution in [2.45, 2.75) is 11.3 Å². The van der Waals surface area contributed by atoms with Crippen LogP contribution in [0.3, 0.4) is 0 Å². The Hall–Kier alpha value is -2.10. The minimum Gasteiger partial charge on any atom is -0.324 e. The fraction of sp³-hybridized carbons (Fsp3) is 0.263. The quantitative estimate of drug-likeness (QED) is 0.769. The number of halogens is 2. The topological polar surface area (TPSA) is 78.8 Å². The average Bonchev–Trinajstić information content (AvgIpc) is 3.17. The number of carbonyl (C=O) groups is 1. The fourth-order valence-corrected chi connectivity index (χ4v) is 7.23. The first-order chi connectivity index (χ1) is 13.8. The highest BCUT2D eigenvalue weighted by atomic mass is 35.5. The van der Waals surface area contributed by atoms with Crippen LogP contribution in [0.2, 0.25) is 5.02 Å². The first kappa shape index (κ1) is 20.2. The second-order valence-electron chi connectivity index (χ2n) is 6.81. The molecule has 0 spiro atoms. The minimum absolute atomic E-state index is 0.0307. The first-order valence-electron chi connectivity index (χ1n) is 8.83. The van der Waals surface area contributed by atoms with Gasteiger partial charge in [-0.1, -0.05) is 41.6 Å². The molecule has 2 atom stereocenters. The van der Waals surface area contributed by atoms with Gasteiger partial charge in [0.1, 0.15) is 12.4 Å². The molecule has 1 fully saturated rings. The van der Waals surface area contributed by atoms with Crippen molar-refractivity contribution in [3.63, 3.8) is 0 Å². The van der Waals surface area contributed by atoms with E-state index in [2.05, 4.69) is 10.3 Å². The van der Waals surface area contributed by atoms with Crippen LogP contribution in [0, 0.1) is 5.82 Å². The molecule has 1 amide bonds.